The lowest BCUT2D eigenvalue weighted by molar-refractivity contribution is 0.0107. The molecule has 0 saturated carbocycles. The Kier molecular flexibility index (Phi) is 8.98. The summed E-state index contributed by atoms with van der Waals surface area (Å²) >= 11 is 0. The molecule has 0 amide bonds. The van der Waals surface area contributed by atoms with Crippen LogP contribution in [0.15, 0.2) is 30.8 Å². The van der Waals surface area contributed by atoms with Crippen molar-refractivity contribution in [3.63, 3.8) is 0 Å². The second-order valence-electron chi connectivity index (χ2n) is 4.22. The van der Waals surface area contributed by atoms with Crippen LogP contribution >= 0.6 is 0 Å². The zero-order valence-corrected chi connectivity index (χ0v) is 11.8. The minimum absolute atomic E-state index is 0.608. The molecule has 0 radical (unpaired) electrons. The molecule has 1 aromatic carbocycles. The minimum atomic E-state index is 0.608. The van der Waals surface area contributed by atoms with E-state index >= 15 is 0 Å². The highest BCUT2D eigenvalue weighted by Gasteiger charge is 1.94. The molecular formula is C16H24O3. The molecule has 106 valence electrons. The SMILES string of the molecule is C=Cc1ccc(COCCOCCOCCC)cc1. The Bertz CT molecular complexity index is 332. The summed E-state index contributed by atoms with van der Waals surface area (Å²) < 4.78 is 16.2. The first kappa shape index (κ1) is 15.9. The van der Waals surface area contributed by atoms with Crippen LogP contribution in [0.4, 0.5) is 0 Å². The predicted molar refractivity (Wildman–Crippen MR) is 78.1 cm³/mol. The molecule has 0 N–H and O–H groups in total. The van der Waals surface area contributed by atoms with E-state index in [1.54, 1.807) is 0 Å². The molecule has 0 aliphatic heterocycles. The Hall–Kier alpha value is -1.16. The van der Waals surface area contributed by atoms with Gasteiger partial charge < -0.3 is 14.2 Å². The van der Waals surface area contributed by atoms with E-state index in [1.165, 1.54) is 0 Å². The molecule has 0 heterocycles. The van der Waals surface area contributed by atoms with Crippen molar-refractivity contribution < 1.29 is 14.2 Å². The molecule has 0 aliphatic rings. The van der Waals surface area contributed by atoms with Gasteiger partial charge in [0.15, 0.2) is 0 Å². The summed E-state index contributed by atoms with van der Waals surface area (Å²) in [6, 6.07) is 8.17. The highest BCUT2D eigenvalue weighted by atomic mass is 16.5. The van der Waals surface area contributed by atoms with Crippen LogP contribution in [-0.4, -0.2) is 33.0 Å². The quantitative estimate of drug-likeness (QED) is 0.574. The summed E-state index contributed by atoms with van der Waals surface area (Å²) in [5.41, 5.74) is 2.29. The van der Waals surface area contributed by atoms with E-state index in [-0.39, 0.29) is 0 Å². The molecule has 1 rings (SSSR count). The molecule has 0 spiro atoms. The van der Waals surface area contributed by atoms with Crippen LogP contribution in [0.3, 0.4) is 0 Å². The van der Waals surface area contributed by atoms with Crippen molar-refractivity contribution in [2.75, 3.05) is 33.0 Å². The Morgan fingerprint density at radius 3 is 2.05 bits per heavy atom. The number of ether oxygens (including phenoxy) is 3. The third-order valence-corrected chi connectivity index (χ3v) is 2.58. The van der Waals surface area contributed by atoms with Gasteiger partial charge in [0.1, 0.15) is 0 Å². The van der Waals surface area contributed by atoms with Gasteiger partial charge in [0.2, 0.25) is 0 Å². The summed E-state index contributed by atoms with van der Waals surface area (Å²) in [5, 5.41) is 0. The Balaban J connectivity index is 1.96. The lowest BCUT2D eigenvalue weighted by Gasteiger charge is -2.06. The van der Waals surface area contributed by atoms with Gasteiger partial charge in [-0.05, 0) is 17.5 Å². The average molecular weight is 264 g/mol. The first-order valence-corrected chi connectivity index (χ1v) is 6.81. The molecule has 0 aromatic heterocycles. The van der Waals surface area contributed by atoms with Gasteiger partial charge in [-0.2, -0.15) is 0 Å². The van der Waals surface area contributed by atoms with Crippen molar-refractivity contribution in [2.45, 2.75) is 20.0 Å². The summed E-state index contributed by atoms with van der Waals surface area (Å²) in [6.45, 7) is 9.76. The van der Waals surface area contributed by atoms with E-state index in [2.05, 4.69) is 25.6 Å². The van der Waals surface area contributed by atoms with Crippen LogP contribution in [-0.2, 0) is 20.8 Å². The van der Waals surface area contributed by atoms with E-state index in [9.17, 15) is 0 Å². The molecule has 0 unspecified atom stereocenters. The Labute approximate surface area is 116 Å². The summed E-state index contributed by atoms with van der Waals surface area (Å²) in [6.07, 6.45) is 2.88. The highest BCUT2D eigenvalue weighted by molar-refractivity contribution is 5.47. The molecule has 19 heavy (non-hydrogen) atoms. The van der Waals surface area contributed by atoms with Crippen molar-refractivity contribution in [1.29, 1.82) is 0 Å². The predicted octanol–water partition coefficient (Wildman–Crippen LogP) is 3.29. The standard InChI is InChI=1S/C16H24O3/c1-3-9-17-10-11-18-12-13-19-14-16-7-5-15(4-2)6-8-16/h4-8H,2-3,9-14H2,1H3. The molecule has 1 aromatic rings. The summed E-state index contributed by atoms with van der Waals surface area (Å²) in [4.78, 5) is 0. The van der Waals surface area contributed by atoms with E-state index in [4.69, 9.17) is 14.2 Å². The minimum Gasteiger partial charge on any atom is -0.379 e. The maximum Gasteiger partial charge on any atom is 0.0718 e. The van der Waals surface area contributed by atoms with Crippen molar-refractivity contribution in [3.8, 4) is 0 Å². The van der Waals surface area contributed by atoms with Gasteiger partial charge in [-0.25, -0.2) is 0 Å². The van der Waals surface area contributed by atoms with Gasteiger partial charge in [0.25, 0.3) is 0 Å². The normalized spacial score (nSPS) is 10.6. The third-order valence-electron chi connectivity index (χ3n) is 2.58. The fraction of sp³-hybridized carbons (Fsp3) is 0.500. The van der Waals surface area contributed by atoms with Gasteiger partial charge in [-0.3, -0.25) is 0 Å². The zero-order valence-electron chi connectivity index (χ0n) is 11.8. The first-order chi connectivity index (χ1) is 9.36. The van der Waals surface area contributed by atoms with Crippen molar-refractivity contribution >= 4 is 6.08 Å². The fourth-order valence-electron chi connectivity index (χ4n) is 1.52. The molecule has 0 bridgehead atoms. The third kappa shape index (κ3) is 7.78. The number of hydrogen-bond donors (Lipinski definition) is 0. The second kappa shape index (κ2) is 10.7. The van der Waals surface area contributed by atoms with E-state index in [0.717, 1.165) is 24.2 Å². The highest BCUT2D eigenvalue weighted by Crippen LogP contribution is 2.06. The van der Waals surface area contributed by atoms with E-state index in [0.29, 0.717) is 33.0 Å². The molecule has 3 heteroatoms. The maximum atomic E-state index is 5.53. The molecule has 3 nitrogen and oxygen atoms in total. The van der Waals surface area contributed by atoms with Gasteiger partial charge in [0, 0.05) is 6.61 Å². The lowest BCUT2D eigenvalue weighted by atomic mass is 10.1. The van der Waals surface area contributed by atoms with Crippen LogP contribution < -0.4 is 0 Å². The van der Waals surface area contributed by atoms with Crippen LogP contribution in [0.25, 0.3) is 6.08 Å². The maximum absolute atomic E-state index is 5.53. The fourth-order valence-corrected chi connectivity index (χ4v) is 1.52. The van der Waals surface area contributed by atoms with Gasteiger partial charge in [0.05, 0.1) is 33.0 Å². The lowest BCUT2D eigenvalue weighted by Crippen LogP contribution is -2.09. The monoisotopic (exact) mass is 264 g/mol. The molecule has 0 aliphatic carbocycles. The summed E-state index contributed by atoms with van der Waals surface area (Å²) in [7, 11) is 0. The van der Waals surface area contributed by atoms with Crippen LogP contribution in [0, 0.1) is 0 Å². The van der Waals surface area contributed by atoms with Crippen molar-refractivity contribution in [3.05, 3.63) is 42.0 Å². The van der Waals surface area contributed by atoms with E-state index < -0.39 is 0 Å². The number of rotatable bonds is 11. The smallest absolute Gasteiger partial charge is 0.0718 e. The number of hydrogen-bond acceptors (Lipinski definition) is 3. The average Bonchev–Trinajstić information content (AvgIpc) is 2.46. The molecule has 0 atom stereocenters. The topological polar surface area (TPSA) is 27.7 Å². The van der Waals surface area contributed by atoms with Crippen LogP contribution in [0.5, 0.6) is 0 Å². The second-order valence-corrected chi connectivity index (χ2v) is 4.22. The Morgan fingerprint density at radius 2 is 1.47 bits per heavy atom. The molecular weight excluding hydrogens is 240 g/mol. The van der Waals surface area contributed by atoms with Crippen molar-refractivity contribution in [1.82, 2.24) is 0 Å². The molecule has 0 fully saturated rings. The molecule has 0 saturated heterocycles. The largest absolute Gasteiger partial charge is 0.379 e. The van der Waals surface area contributed by atoms with Gasteiger partial charge in [-0.1, -0.05) is 43.8 Å². The number of benzene rings is 1. The first-order valence-electron chi connectivity index (χ1n) is 6.81. The van der Waals surface area contributed by atoms with Gasteiger partial charge >= 0.3 is 0 Å². The Morgan fingerprint density at radius 1 is 0.895 bits per heavy atom. The van der Waals surface area contributed by atoms with Crippen LogP contribution in [0.2, 0.25) is 0 Å². The van der Waals surface area contributed by atoms with Gasteiger partial charge in [-0.15, -0.1) is 0 Å². The van der Waals surface area contributed by atoms with Crippen LogP contribution in [0.1, 0.15) is 24.5 Å². The zero-order chi connectivity index (χ0) is 13.8. The summed E-state index contributed by atoms with van der Waals surface area (Å²) in [5.74, 6) is 0. The van der Waals surface area contributed by atoms with Crippen molar-refractivity contribution in [2.24, 2.45) is 0 Å². The van der Waals surface area contributed by atoms with E-state index in [1.807, 2.05) is 18.2 Å².